The van der Waals surface area contributed by atoms with Gasteiger partial charge in [0.15, 0.2) is 4.32 Å². The van der Waals surface area contributed by atoms with Gasteiger partial charge in [0.1, 0.15) is 0 Å². The maximum Gasteiger partial charge on any atom is 0.416 e. The Balaban J connectivity index is 2.01. The van der Waals surface area contributed by atoms with E-state index >= 15 is 0 Å². The number of rotatable bonds is 2. The summed E-state index contributed by atoms with van der Waals surface area (Å²) in [6.07, 6.45) is -4.49. The summed E-state index contributed by atoms with van der Waals surface area (Å²) in [5, 5.41) is 0. The first-order valence-electron chi connectivity index (χ1n) is 7.39. The molecule has 0 aliphatic carbocycles. The molecule has 2 aromatic carbocycles. The van der Waals surface area contributed by atoms with Crippen LogP contribution in [-0.2, 0) is 11.0 Å². The van der Waals surface area contributed by atoms with Crippen LogP contribution in [0.2, 0.25) is 0 Å². The van der Waals surface area contributed by atoms with Crippen LogP contribution in [0.15, 0.2) is 57.9 Å². The minimum Gasteiger partial charge on any atom is -0.268 e. The lowest BCUT2D eigenvalue weighted by Gasteiger charge is -2.16. The number of carbonyl (C=O) groups is 1. The lowest BCUT2D eigenvalue weighted by molar-refractivity contribution is -0.137. The molecule has 0 aromatic heterocycles. The highest BCUT2D eigenvalue weighted by Crippen LogP contribution is 2.40. The first-order valence-corrected chi connectivity index (χ1v) is 9.40. The van der Waals surface area contributed by atoms with Crippen molar-refractivity contribution < 1.29 is 18.0 Å². The van der Waals surface area contributed by atoms with E-state index in [1.165, 1.54) is 12.1 Å². The van der Waals surface area contributed by atoms with Crippen molar-refractivity contribution in [3.05, 3.63) is 69.0 Å². The molecule has 3 rings (SSSR count). The van der Waals surface area contributed by atoms with Crippen LogP contribution < -0.4 is 4.90 Å². The molecule has 1 aliphatic rings. The molecule has 1 aliphatic heterocycles. The molecule has 134 valence electrons. The first-order chi connectivity index (χ1) is 12.2. The van der Waals surface area contributed by atoms with Gasteiger partial charge in [0.25, 0.3) is 5.91 Å². The smallest absolute Gasteiger partial charge is 0.268 e. The van der Waals surface area contributed by atoms with Gasteiger partial charge in [0, 0.05) is 4.47 Å². The van der Waals surface area contributed by atoms with Gasteiger partial charge in [-0.25, -0.2) is 0 Å². The third kappa shape index (κ3) is 3.72. The lowest BCUT2D eigenvalue weighted by atomic mass is 10.1. The zero-order valence-electron chi connectivity index (χ0n) is 13.3. The topological polar surface area (TPSA) is 20.3 Å². The van der Waals surface area contributed by atoms with Gasteiger partial charge in [0.2, 0.25) is 0 Å². The summed E-state index contributed by atoms with van der Waals surface area (Å²) in [7, 11) is 0. The van der Waals surface area contributed by atoms with Crippen LogP contribution in [0.1, 0.15) is 18.1 Å². The molecule has 1 fully saturated rings. The number of hydrogen-bond donors (Lipinski definition) is 0. The number of nitrogens with zero attached hydrogens (tertiary/aromatic N) is 1. The Morgan fingerprint density at radius 1 is 1.15 bits per heavy atom. The summed E-state index contributed by atoms with van der Waals surface area (Å²) >= 11 is 9.73. The van der Waals surface area contributed by atoms with Crippen LogP contribution in [0.5, 0.6) is 0 Å². The van der Waals surface area contributed by atoms with Gasteiger partial charge < -0.3 is 0 Å². The largest absolute Gasteiger partial charge is 0.416 e. The van der Waals surface area contributed by atoms with E-state index in [4.69, 9.17) is 12.2 Å². The van der Waals surface area contributed by atoms with Gasteiger partial charge in [-0.1, -0.05) is 58.1 Å². The molecule has 0 bridgehead atoms. The van der Waals surface area contributed by atoms with E-state index in [9.17, 15) is 18.0 Å². The Hall–Kier alpha value is -1.64. The Morgan fingerprint density at radius 2 is 1.85 bits per heavy atom. The summed E-state index contributed by atoms with van der Waals surface area (Å²) in [6.45, 7) is 1.79. The zero-order valence-corrected chi connectivity index (χ0v) is 16.5. The van der Waals surface area contributed by atoms with Crippen LogP contribution in [0.3, 0.4) is 0 Å². The molecule has 1 saturated heterocycles. The minimum absolute atomic E-state index is 0.111. The van der Waals surface area contributed by atoms with Crippen molar-refractivity contribution in [1.82, 2.24) is 0 Å². The van der Waals surface area contributed by atoms with E-state index in [1.807, 2.05) is 24.3 Å². The van der Waals surface area contributed by atoms with Crippen LogP contribution in [0.4, 0.5) is 18.9 Å². The second-order valence-corrected chi connectivity index (χ2v) is 8.08. The number of allylic oxidation sites excluding steroid dienone is 1. The molecule has 0 radical (unpaired) electrons. The molecule has 0 atom stereocenters. The average Bonchev–Trinajstić information content (AvgIpc) is 2.88. The van der Waals surface area contributed by atoms with Crippen molar-refractivity contribution in [2.75, 3.05) is 4.90 Å². The summed E-state index contributed by atoms with van der Waals surface area (Å²) in [5.41, 5.74) is 0.846. The molecule has 1 heterocycles. The Morgan fingerprint density at radius 3 is 2.50 bits per heavy atom. The predicted molar refractivity (Wildman–Crippen MR) is 106 cm³/mol. The van der Waals surface area contributed by atoms with Crippen molar-refractivity contribution in [2.24, 2.45) is 0 Å². The molecule has 0 saturated carbocycles. The van der Waals surface area contributed by atoms with Crippen molar-refractivity contribution in [2.45, 2.75) is 13.1 Å². The third-order valence-electron chi connectivity index (χ3n) is 3.80. The van der Waals surface area contributed by atoms with Gasteiger partial charge >= 0.3 is 6.18 Å². The number of anilines is 1. The van der Waals surface area contributed by atoms with Crippen LogP contribution in [0.25, 0.3) is 5.57 Å². The van der Waals surface area contributed by atoms with Gasteiger partial charge in [-0.2, -0.15) is 13.2 Å². The Kier molecular flexibility index (Phi) is 5.28. The molecule has 2 aromatic rings. The monoisotopic (exact) mass is 457 g/mol. The number of carbonyl (C=O) groups excluding carboxylic acids is 1. The summed E-state index contributed by atoms with van der Waals surface area (Å²) in [6, 6.07) is 12.0. The fraction of sp³-hybridized carbons (Fsp3) is 0.111. The molecule has 0 N–H and O–H groups in total. The molecule has 1 amide bonds. The van der Waals surface area contributed by atoms with Gasteiger partial charge in [-0.3, -0.25) is 9.69 Å². The molecule has 26 heavy (non-hydrogen) atoms. The second-order valence-electron chi connectivity index (χ2n) is 5.52. The van der Waals surface area contributed by atoms with Crippen molar-refractivity contribution in [3.8, 4) is 0 Å². The summed E-state index contributed by atoms with van der Waals surface area (Å²) in [5.74, 6) is -0.420. The number of alkyl halides is 3. The van der Waals surface area contributed by atoms with E-state index in [2.05, 4.69) is 15.9 Å². The highest BCUT2D eigenvalue weighted by atomic mass is 79.9. The van der Waals surface area contributed by atoms with Gasteiger partial charge in [-0.15, -0.1) is 0 Å². The number of hydrogen-bond acceptors (Lipinski definition) is 3. The quantitative estimate of drug-likeness (QED) is 0.391. The standard InChI is InChI=1S/C18H11BrF3NOS2/c1-10(11-4-2-6-13(19)8-11)15-16(24)23(17(25)26-15)14-7-3-5-12(9-14)18(20,21)22/h2-9H,1H3. The number of thiocarbonyl (C=S) groups is 1. The molecule has 0 spiro atoms. The molecule has 2 nitrogen and oxygen atoms in total. The van der Waals surface area contributed by atoms with E-state index in [-0.39, 0.29) is 10.0 Å². The van der Waals surface area contributed by atoms with Crippen LogP contribution >= 0.6 is 39.9 Å². The molecular weight excluding hydrogens is 447 g/mol. The normalized spacial score (nSPS) is 17.0. The number of thioether (sulfide) groups is 1. The SMILES string of the molecule is CC(=C1SC(=S)N(c2cccc(C(F)(F)F)c2)C1=O)c1cccc(Br)c1. The summed E-state index contributed by atoms with van der Waals surface area (Å²) in [4.78, 5) is 14.4. The van der Waals surface area contributed by atoms with Crippen molar-refractivity contribution >= 4 is 61.4 Å². The number of halogens is 4. The first kappa shape index (κ1) is 19.1. The fourth-order valence-corrected chi connectivity index (χ4v) is 4.24. The van der Waals surface area contributed by atoms with E-state index < -0.39 is 17.6 Å². The second kappa shape index (κ2) is 7.17. The van der Waals surface area contributed by atoms with E-state index in [0.717, 1.165) is 44.4 Å². The number of benzene rings is 2. The summed E-state index contributed by atoms with van der Waals surface area (Å²) < 4.78 is 39.9. The average molecular weight is 458 g/mol. The van der Waals surface area contributed by atoms with Crippen molar-refractivity contribution in [1.29, 1.82) is 0 Å². The molecule has 0 unspecified atom stereocenters. The Labute approximate surface area is 166 Å². The maximum absolute atomic E-state index is 13.0. The van der Waals surface area contributed by atoms with Crippen molar-refractivity contribution in [3.63, 3.8) is 0 Å². The van der Waals surface area contributed by atoms with Gasteiger partial charge in [-0.05, 0) is 48.4 Å². The maximum atomic E-state index is 13.0. The Bertz CT molecular complexity index is 940. The predicted octanol–water partition coefficient (Wildman–Crippen LogP) is 6.26. The van der Waals surface area contributed by atoms with E-state index in [0.29, 0.717) is 4.91 Å². The molecular formula is C18H11BrF3NOS2. The number of amides is 1. The van der Waals surface area contributed by atoms with Crippen LogP contribution in [0, 0.1) is 0 Å². The molecule has 8 heteroatoms. The fourth-order valence-electron chi connectivity index (χ4n) is 2.49. The minimum atomic E-state index is -4.49. The van der Waals surface area contributed by atoms with E-state index in [1.54, 1.807) is 6.92 Å². The zero-order chi connectivity index (χ0) is 19.1. The van der Waals surface area contributed by atoms with Gasteiger partial charge in [0.05, 0.1) is 16.2 Å². The highest BCUT2D eigenvalue weighted by Gasteiger charge is 2.37. The lowest BCUT2D eigenvalue weighted by Crippen LogP contribution is -2.28. The third-order valence-corrected chi connectivity index (χ3v) is 5.77. The van der Waals surface area contributed by atoms with Crippen LogP contribution in [-0.4, -0.2) is 10.2 Å². The highest BCUT2D eigenvalue weighted by molar-refractivity contribution is 9.10.